The van der Waals surface area contributed by atoms with Crippen molar-refractivity contribution in [2.45, 2.75) is 25.8 Å². The van der Waals surface area contributed by atoms with Gasteiger partial charge in [-0.25, -0.2) is 4.79 Å². The van der Waals surface area contributed by atoms with Crippen molar-refractivity contribution in [1.29, 1.82) is 0 Å². The smallest absolute Gasteiger partial charge is 0.317 e. The van der Waals surface area contributed by atoms with Crippen molar-refractivity contribution >= 4 is 22.8 Å². The Bertz CT molecular complexity index is 835. The van der Waals surface area contributed by atoms with Gasteiger partial charge in [0.2, 0.25) is 0 Å². The number of carbonyl (C=O) groups excluding carboxylic acids is 2. The van der Waals surface area contributed by atoms with Gasteiger partial charge in [-0.15, -0.1) is 0 Å². The van der Waals surface area contributed by atoms with Crippen molar-refractivity contribution in [2.24, 2.45) is 0 Å². The summed E-state index contributed by atoms with van der Waals surface area (Å²) in [7, 11) is 0. The number of piperidine rings is 1. The molecule has 1 aromatic carbocycles. The predicted molar refractivity (Wildman–Crippen MR) is 95.5 cm³/mol. The fourth-order valence-corrected chi connectivity index (χ4v) is 3.88. The van der Waals surface area contributed by atoms with E-state index < -0.39 is 0 Å². The zero-order valence-electron chi connectivity index (χ0n) is 14.4. The molecule has 1 aromatic heterocycles. The van der Waals surface area contributed by atoms with Gasteiger partial charge in [0.15, 0.2) is 0 Å². The first-order valence-electron chi connectivity index (χ1n) is 8.83. The normalized spacial score (nSPS) is 20.8. The summed E-state index contributed by atoms with van der Waals surface area (Å²) >= 11 is 0. The standard InChI is InChI=1S/C19H22N4O2/c1-13-11-16(15-6-2-3-7-17(15)21-13)18(24)22-9-4-5-14(12-22)23-10-8-20-19(23)25/h2-3,6-7,11,14H,4-5,8-10,12H2,1H3,(H,20,25)/t14-/m1/s1. The van der Waals surface area contributed by atoms with Crippen LogP contribution in [-0.4, -0.2) is 58.9 Å². The largest absolute Gasteiger partial charge is 0.337 e. The van der Waals surface area contributed by atoms with Crippen LogP contribution >= 0.6 is 0 Å². The summed E-state index contributed by atoms with van der Waals surface area (Å²) in [6, 6.07) is 9.72. The number of aryl methyl sites for hydroxylation is 1. The first-order valence-corrected chi connectivity index (χ1v) is 8.83. The van der Waals surface area contributed by atoms with Gasteiger partial charge in [-0.1, -0.05) is 18.2 Å². The number of likely N-dealkylation sites (tertiary alicyclic amines) is 1. The van der Waals surface area contributed by atoms with Crippen molar-refractivity contribution in [3.8, 4) is 0 Å². The Morgan fingerprint density at radius 1 is 1.28 bits per heavy atom. The number of pyridine rings is 1. The van der Waals surface area contributed by atoms with Crippen LogP contribution in [0.25, 0.3) is 10.9 Å². The van der Waals surface area contributed by atoms with Gasteiger partial charge >= 0.3 is 6.03 Å². The summed E-state index contributed by atoms with van der Waals surface area (Å²) in [5.41, 5.74) is 2.39. The molecule has 3 amide bonds. The summed E-state index contributed by atoms with van der Waals surface area (Å²) in [4.78, 5) is 33.4. The number of nitrogens with zero attached hydrogens (tertiary/aromatic N) is 3. The molecular formula is C19H22N4O2. The van der Waals surface area contributed by atoms with Crippen molar-refractivity contribution < 1.29 is 9.59 Å². The van der Waals surface area contributed by atoms with Gasteiger partial charge in [0.1, 0.15) is 0 Å². The number of rotatable bonds is 2. The van der Waals surface area contributed by atoms with E-state index in [0.717, 1.165) is 42.5 Å². The van der Waals surface area contributed by atoms with E-state index in [0.29, 0.717) is 18.7 Å². The summed E-state index contributed by atoms with van der Waals surface area (Å²) in [5, 5.41) is 3.74. The molecule has 6 heteroatoms. The van der Waals surface area contributed by atoms with Crippen LogP contribution in [0, 0.1) is 6.92 Å². The van der Waals surface area contributed by atoms with Crippen LogP contribution in [0.3, 0.4) is 0 Å². The molecule has 2 aliphatic heterocycles. The lowest BCUT2D eigenvalue weighted by atomic mass is 10.0. The molecule has 1 atom stereocenters. The minimum Gasteiger partial charge on any atom is -0.337 e. The van der Waals surface area contributed by atoms with Crippen LogP contribution in [0.4, 0.5) is 4.79 Å². The third-order valence-electron chi connectivity index (χ3n) is 5.09. The Morgan fingerprint density at radius 3 is 2.92 bits per heavy atom. The molecule has 0 unspecified atom stereocenters. The molecule has 4 rings (SSSR count). The maximum atomic E-state index is 13.2. The molecule has 0 radical (unpaired) electrons. The van der Waals surface area contributed by atoms with Gasteiger partial charge in [-0.3, -0.25) is 9.78 Å². The van der Waals surface area contributed by atoms with E-state index in [4.69, 9.17) is 0 Å². The third-order valence-corrected chi connectivity index (χ3v) is 5.09. The Kier molecular flexibility index (Phi) is 4.03. The number of amides is 3. The number of aromatic nitrogens is 1. The molecule has 0 aliphatic carbocycles. The van der Waals surface area contributed by atoms with Gasteiger partial charge in [0.25, 0.3) is 5.91 Å². The quantitative estimate of drug-likeness (QED) is 0.913. The second-order valence-electron chi connectivity index (χ2n) is 6.80. The summed E-state index contributed by atoms with van der Waals surface area (Å²) in [6.07, 6.45) is 1.87. The molecule has 2 fully saturated rings. The zero-order valence-corrected chi connectivity index (χ0v) is 14.4. The van der Waals surface area contributed by atoms with Gasteiger partial charge in [-0.05, 0) is 31.9 Å². The highest BCUT2D eigenvalue weighted by Gasteiger charge is 2.33. The number of fused-ring (bicyclic) bond motifs is 1. The lowest BCUT2D eigenvalue weighted by Crippen LogP contribution is -2.50. The predicted octanol–water partition coefficient (Wildman–Crippen LogP) is 2.17. The Labute approximate surface area is 146 Å². The number of carbonyl (C=O) groups is 2. The number of hydrogen-bond acceptors (Lipinski definition) is 3. The van der Waals surface area contributed by atoms with Crippen molar-refractivity contribution in [1.82, 2.24) is 20.1 Å². The second kappa shape index (κ2) is 6.35. The van der Waals surface area contributed by atoms with Crippen molar-refractivity contribution in [3.05, 3.63) is 41.6 Å². The number of para-hydroxylation sites is 1. The molecule has 0 saturated carbocycles. The van der Waals surface area contributed by atoms with E-state index in [1.54, 1.807) is 0 Å². The van der Waals surface area contributed by atoms with Crippen molar-refractivity contribution in [2.75, 3.05) is 26.2 Å². The van der Waals surface area contributed by atoms with Gasteiger partial charge in [-0.2, -0.15) is 0 Å². The maximum Gasteiger partial charge on any atom is 0.317 e. The van der Waals surface area contributed by atoms with Gasteiger partial charge in [0, 0.05) is 37.3 Å². The summed E-state index contributed by atoms with van der Waals surface area (Å²) < 4.78 is 0. The van der Waals surface area contributed by atoms with Gasteiger partial charge < -0.3 is 15.1 Å². The minimum atomic E-state index is -0.00972. The second-order valence-corrected chi connectivity index (χ2v) is 6.80. The number of nitrogens with one attached hydrogen (secondary N) is 1. The molecular weight excluding hydrogens is 316 g/mol. The lowest BCUT2D eigenvalue weighted by molar-refractivity contribution is 0.0636. The van der Waals surface area contributed by atoms with E-state index in [1.807, 2.05) is 47.1 Å². The molecule has 3 heterocycles. The SMILES string of the molecule is Cc1cc(C(=O)N2CCC[C@@H](N3CCNC3=O)C2)c2ccccc2n1. The highest BCUT2D eigenvalue weighted by Crippen LogP contribution is 2.23. The molecule has 0 spiro atoms. The van der Waals surface area contributed by atoms with E-state index in [9.17, 15) is 9.59 Å². The molecule has 6 nitrogen and oxygen atoms in total. The van der Waals surface area contributed by atoms with Gasteiger partial charge in [0.05, 0.1) is 17.1 Å². The monoisotopic (exact) mass is 338 g/mol. The molecule has 0 bridgehead atoms. The van der Waals surface area contributed by atoms with E-state index in [-0.39, 0.29) is 18.0 Å². The first-order chi connectivity index (χ1) is 12.1. The summed E-state index contributed by atoms with van der Waals surface area (Å²) in [6.45, 7) is 4.67. The minimum absolute atomic E-state index is 0.00972. The van der Waals surface area contributed by atoms with E-state index in [1.165, 1.54) is 0 Å². The molecule has 2 aromatic rings. The van der Waals surface area contributed by atoms with Crippen molar-refractivity contribution in [3.63, 3.8) is 0 Å². The Balaban J connectivity index is 1.61. The van der Waals surface area contributed by atoms with Crippen LogP contribution in [-0.2, 0) is 0 Å². The van der Waals surface area contributed by atoms with Crippen LogP contribution in [0.1, 0.15) is 28.9 Å². The Hall–Kier alpha value is -2.63. The van der Waals surface area contributed by atoms with E-state index >= 15 is 0 Å². The Morgan fingerprint density at radius 2 is 2.12 bits per heavy atom. The van der Waals surface area contributed by atoms with Crippen LogP contribution in [0.15, 0.2) is 30.3 Å². The molecule has 130 valence electrons. The maximum absolute atomic E-state index is 13.2. The average Bonchev–Trinajstić information content (AvgIpc) is 3.06. The fraction of sp³-hybridized carbons (Fsp3) is 0.421. The third kappa shape index (κ3) is 2.92. The van der Waals surface area contributed by atoms with Crippen LogP contribution in [0.2, 0.25) is 0 Å². The fourth-order valence-electron chi connectivity index (χ4n) is 3.88. The first kappa shape index (κ1) is 15.9. The van der Waals surface area contributed by atoms with E-state index in [2.05, 4.69) is 10.3 Å². The van der Waals surface area contributed by atoms with Crippen LogP contribution in [0.5, 0.6) is 0 Å². The topological polar surface area (TPSA) is 65.5 Å². The highest BCUT2D eigenvalue weighted by molar-refractivity contribution is 6.06. The summed E-state index contributed by atoms with van der Waals surface area (Å²) in [5.74, 6) is 0.0333. The average molecular weight is 338 g/mol. The molecule has 2 saturated heterocycles. The molecule has 2 aliphatic rings. The molecule has 25 heavy (non-hydrogen) atoms. The number of hydrogen-bond donors (Lipinski definition) is 1. The highest BCUT2D eigenvalue weighted by atomic mass is 16.2. The zero-order chi connectivity index (χ0) is 17.4. The lowest BCUT2D eigenvalue weighted by Gasteiger charge is -2.37. The molecule has 1 N–H and O–H groups in total. The number of benzene rings is 1. The van der Waals surface area contributed by atoms with Crippen LogP contribution < -0.4 is 5.32 Å². The number of urea groups is 1.